The molecule has 3 heterocycles. The molecule has 1 aliphatic heterocycles. The van der Waals surface area contributed by atoms with Gasteiger partial charge in [0, 0.05) is 11.4 Å². The summed E-state index contributed by atoms with van der Waals surface area (Å²) in [5.74, 6) is 0.171. The summed E-state index contributed by atoms with van der Waals surface area (Å²) in [6.45, 7) is 2.96. The van der Waals surface area contributed by atoms with Crippen LogP contribution in [0.1, 0.15) is 33.1 Å². The van der Waals surface area contributed by atoms with Gasteiger partial charge in [0.25, 0.3) is 5.91 Å². The second-order valence-electron chi connectivity index (χ2n) is 4.20. The summed E-state index contributed by atoms with van der Waals surface area (Å²) >= 11 is 3.33. The van der Waals surface area contributed by atoms with E-state index in [1.807, 2.05) is 22.4 Å². The van der Waals surface area contributed by atoms with Crippen molar-refractivity contribution in [1.29, 1.82) is 0 Å². The summed E-state index contributed by atoms with van der Waals surface area (Å²) in [5, 5.41) is 4.08. The number of hydrogen-bond donors (Lipinski definition) is 0. The SMILES string of the molecule is C[C@H]1c2ccsc2CCN1C(=O)c1cccs1. The summed E-state index contributed by atoms with van der Waals surface area (Å²) in [4.78, 5) is 16.6. The quantitative estimate of drug-likeness (QED) is 0.770. The van der Waals surface area contributed by atoms with Gasteiger partial charge in [-0.05, 0) is 41.8 Å². The minimum atomic E-state index is 0.171. The van der Waals surface area contributed by atoms with Crippen molar-refractivity contribution < 1.29 is 4.79 Å². The Morgan fingerprint density at radius 2 is 2.24 bits per heavy atom. The summed E-state index contributed by atoms with van der Waals surface area (Å²) < 4.78 is 0. The number of nitrogens with zero attached hydrogens (tertiary/aromatic N) is 1. The van der Waals surface area contributed by atoms with E-state index < -0.39 is 0 Å². The van der Waals surface area contributed by atoms with Crippen LogP contribution in [0.5, 0.6) is 0 Å². The topological polar surface area (TPSA) is 20.3 Å². The summed E-state index contributed by atoms with van der Waals surface area (Å²) in [7, 11) is 0. The molecule has 1 atom stereocenters. The van der Waals surface area contributed by atoms with E-state index >= 15 is 0 Å². The van der Waals surface area contributed by atoms with E-state index in [2.05, 4.69) is 18.4 Å². The molecule has 2 nitrogen and oxygen atoms in total. The fraction of sp³-hybridized carbons (Fsp3) is 0.308. The smallest absolute Gasteiger partial charge is 0.264 e. The van der Waals surface area contributed by atoms with Gasteiger partial charge in [-0.2, -0.15) is 0 Å². The highest BCUT2D eigenvalue weighted by Gasteiger charge is 2.29. The van der Waals surface area contributed by atoms with Crippen LogP contribution < -0.4 is 0 Å². The first kappa shape index (κ1) is 11.0. The Kier molecular flexibility index (Phi) is 2.76. The van der Waals surface area contributed by atoms with Crippen LogP contribution in [-0.2, 0) is 6.42 Å². The van der Waals surface area contributed by atoms with Gasteiger partial charge < -0.3 is 4.90 Å². The molecule has 2 aromatic heterocycles. The Balaban J connectivity index is 1.89. The molecule has 0 radical (unpaired) electrons. The van der Waals surface area contributed by atoms with Gasteiger partial charge in [0.2, 0.25) is 0 Å². The molecule has 2 aromatic rings. The first-order valence-corrected chi connectivity index (χ1v) is 7.44. The zero-order valence-electron chi connectivity index (χ0n) is 9.55. The van der Waals surface area contributed by atoms with E-state index in [4.69, 9.17) is 0 Å². The molecule has 88 valence electrons. The number of carbonyl (C=O) groups excluding carboxylic acids is 1. The molecule has 0 aromatic carbocycles. The molecule has 0 spiro atoms. The van der Waals surface area contributed by atoms with Crippen molar-refractivity contribution in [3.63, 3.8) is 0 Å². The lowest BCUT2D eigenvalue weighted by Gasteiger charge is -2.33. The van der Waals surface area contributed by atoms with Crippen molar-refractivity contribution in [2.24, 2.45) is 0 Å². The Hall–Kier alpha value is -1.13. The number of rotatable bonds is 1. The largest absolute Gasteiger partial charge is 0.331 e. The summed E-state index contributed by atoms with van der Waals surface area (Å²) in [6.07, 6.45) is 0.994. The Bertz CT molecular complexity index is 529. The third kappa shape index (κ3) is 1.81. The van der Waals surface area contributed by atoms with E-state index in [9.17, 15) is 4.79 Å². The van der Waals surface area contributed by atoms with Crippen molar-refractivity contribution >= 4 is 28.6 Å². The first-order valence-electron chi connectivity index (χ1n) is 5.68. The second-order valence-corrected chi connectivity index (χ2v) is 6.15. The lowest BCUT2D eigenvalue weighted by molar-refractivity contribution is 0.0684. The number of fused-ring (bicyclic) bond motifs is 1. The number of hydrogen-bond acceptors (Lipinski definition) is 3. The van der Waals surface area contributed by atoms with Gasteiger partial charge in [-0.25, -0.2) is 0 Å². The molecule has 0 fully saturated rings. The van der Waals surface area contributed by atoms with Gasteiger partial charge in [-0.3, -0.25) is 4.79 Å². The zero-order valence-corrected chi connectivity index (χ0v) is 11.2. The lowest BCUT2D eigenvalue weighted by Crippen LogP contribution is -2.37. The number of thiophene rings is 2. The third-order valence-corrected chi connectivity index (χ3v) is 5.12. The molecular formula is C13H13NOS2. The van der Waals surface area contributed by atoms with Gasteiger partial charge in [-0.1, -0.05) is 6.07 Å². The maximum absolute atomic E-state index is 12.3. The fourth-order valence-electron chi connectivity index (χ4n) is 2.33. The average Bonchev–Trinajstić information content (AvgIpc) is 3.00. The third-order valence-electron chi connectivity index (χ3n) is 3.27. The van der Waals surface area contributed by atoms with Crippen LogP contribution in [-0.4, -0.2) is 17.4 Å². The first-order chi connectivity index (χ1) is 8.27. The van der Waals surface area contributed by atoms with Crippen LogP contribution >= 0.6 is 22.7 Å². The fourth-order valence-corrected chi connectivity index (χ4v) is 3.97. The monoisotopic (exact) mass is 263 g/mol. The molecule has 17 heavy (non-hydrogen) atoms. The highest BCUT2D eigenvalue weighted by Crippen LogP contribution is 2.33. The zero-order chi connectivity index (χ0) is 11.8. The maximum atomic E-state index is 12.3. The summed E-state index contributed by atoms with van der Waals surface area (Å²) in [6, 6.07) is 6.20. The van der Waals surface area contributed by atoms with Gasteiger partial charge in [0.15, 0.2) is 0 Å². The van der Waals surface area contributed by atoms with Crippen LogP contribution in [0, 0.1) is 0 Å². The van der Waals surface area contributed by atoms with Crippen molar-refractivity contribution in [1.82, 2.24) is 4.90 Å². The molecule has 0 aliphatic carbocycles. The molecule has 1 aliphatic rings. The van der Waals surface area contributed by atoms with Crippen LogP contribution in [0.25, 0.3) is 0 Å². The minimum absolute atomic E-state index is 0.171. The predicted octanol–water partition coefficient (Wildman–Crippen LogP) is 3.57. The van der Waals surface area contributed by atoms with Gasteiger partial charge >= 0.3 is 0 Å². The standard InChI is InChI=1S/C13H13NOS2/c1-9-10-5-8-17-11(10)4-6-14(9)13(15)12-3-2-7-16-12/h2-3,5,7-9H,4,6H2,1H3/t9-/m0/s1. The van der Waals surface area contributed by atoms with Crippen molar-refractivity contribution in [3.8, 4) is 0 Å². The molecule has 0 saturated heterocycles. The highest BCUT2D eigenvalue weighted by molar-refractivity contribution is 7.12. The van der Waals surface area contributed by atoms with Gasteiger partial charge in [0.1, 0.15) is 0 Å². The molecular weight excluding hydrogens is 250 g/mol. The molecule has 4 heteroatoms. The van der Waals surface area contributed by atoms with E-state index in [-0.39, 0.29) is 11.9 Å². The molecule has 1 amide bonds. The normalized spacial score (nSPS) is 19.1. The lowest BCUT2D eigenvalue weighted by atomic mass is 10.0. The number of carbonyl (C=O) groups is 1. The molecule has 0 unspecified atom stereocenters. The van der Waals surface area contributed by atoms with E-state index in [1.54, 1.807) is 11.3 Å². The maximum Gasteiger partial charge on any atom is 0.264 e. The van der Waals surface area contributed by atoms with E-state index in [0.29, 0.717) is 0 Å². The second kappa shape index (κ2) is 4.27. The van der Waals surface area contributed by atoms with Gasteiger partial charge in [0.05, 0.1) is 10.9 Å². The molecule has 0 bridgehead atoms. The van der Waals surface area contributed by atoms with Crippen LogP contribution in [0.4, 0.5) is 0 Å². The van der Waals surface area contributed by atoms with E-state index in [0.717, 1.165) is 17.8 Å². The van der Waals surface area contributed by atoms with Crippen LogP contribution in [0.15, 0.2) is 29.0 Å². The average molecular weight is 263 g/mol. The molecule has 3 rings (SSSR count). The Morgan fingerprint density at radius 3 is 3.00 bits per heavy atom. The van der Waals surface area contributed by atoms with Crippen molar-refractivity contribution in [2.75, 3.05) is 6.54 Å². The molecule has 0 saturated carbocycles. The minimum Gasteiger partial charge on any atom is -0.331 e. The highest BCUT2D eigenvalue weighted by atomic mass is 32.1. The van der Waals surface area contributed by atoms with Gasteiger partial charge in [-0.15, -0.1) is 22.7 Å². The Labute approximate surface area is 109 Å². The predicted molar refractivity (Wildman–Crippen MR) is 71.8 cm³/mol. The van der Waals surface area contributed by atoms with Crippen molar-refractivity contribution in [2.45, 2.75) is 19.4 Å². The number of amides is 1. The van der Waals surface area contributed by atoms with Crippen LogP contribution in [0.2, 0.25) is 0 Å². The van der Waals surface area contributed by atoms with E-state index in [1.165, 1.54) is 21.8 Å². The van der Waals surface area contributed by atoms with Crippen molar-refractivity contribution in [3.05, 3.63) is 44.3 Å². The van der Waals surface area contributed by atoms with Crippen LogP contribution in [0.3, 0.4) is 0 Å². The summed E-state index contributed by atoms with van der Waals surface area (Å²) in [5.41, 5.74) is 1.33. The molecule has 0 N–H and O–H groups in total. The Morgan fingerprint density at radius 1 is 1.35 bits per heavy atom.